The second-order valence-corrected chi connectivity index (χ2v) is 7.31. The van der Waals surface area contributed by atoms with Crippen LogP contribution in [0.4, 0.5) is 0 Å². The van der Waals surface area contributed by atoms with Crippen LogP contribution in [0.25, 0.3) is 0 Å². The van der Waals surface area contributed by atoms with Gasteiger partial charge in [0.05, 0.1) is 0 Å². The lowest BCUT2D eigenvalue weighted by molar-refractivity contribution is -0.142. The minimum Gasteiger partial charge on any atom is -0.480 e. The number of hydrogen-bond donors (Lipinski definition) is 2. The monoisotopic (exact) mass is 315 g/mol. The summed E-state index contributed by atoms with van der Waals surface area (Å²) in [6, 6.07) is 7.28. The van der Waals surface area contributed by atoms with Crippen LogP contribution in [-0.2, 0) is 10.5 Å². The molecule has 0 heterocycles. The number of nitrogens with one attached hydrogen (secondary N) is 1. The summed E-state index contributed by atoms with van der Waals surface area (Å²) in [5.74, 6) is 0.995. The summed E-state index contributed by atoms with van der Waals surface area (Å²) in [6.45, 7) is 6.48. The first kappa shape index (κ1) is 17.3. The van der Waals surface area contributed by atoms with Gasteiger partial charge in [-0.2, -0.15) is 11.8 Å². The van der Waals surface area contributed by atoms with E-state index in [-0.39, 0.29) is 5.41 Å². The maximum Gasteiger partial charge on any atom is 0.321 e. The average molecular weight is 316 g/mol. The van der Waals surface area contributed by atoms with E-state index < -0.39 is 12.0 Å². The predicted molar refractivity (Wildman–Crippen MR) is 86.5 cm³/mol. The third kappa shape index (κ3) is 6.16. The number of aliphatic carboxylic acids is 1. The van der Waals surface area contributed by atoms with Crippen LogP contribution in [0.2, 0.25) is 5.02 Å². The Morgan fingerprint density at radius 1 is 1.35 bits per heavy atom. The highest BCUT2D eigenvalue weighted by molar-refractivity contribution is 7.98. The fraction of sp³-hybridized carbons (Fsp3) is 0.533. The van der Waals surface area contributed by atoms with Gasteiger partial charge in [-0.05, 0) is 23.1 Å². The van der Waals surface area contributed by atoms with Crippen LogP contribution in [0.15, 0.2) is 24.3 Å². The summed E-state index contributed by atoms with van der Waals surface area (Å²) in [5.41, 5.74) is 0.942. The molecule has 0 aromatic heterocycles. The van der Waals surface area contributed by atoms with Crippen LogP contribution in [0.5, 0.6) is 0 Å². The smallest absolute Gasteiger partial charge is 0.321 e. The molecular weight excluding hydrogens is 294 g/mol. The topological polar surface area (TPSA) is 49.3 Å². The van der Waals surface area contributed by atoms with Crippen LogP contribution in [0.3, 0.4) is 0 Å². The Hall–Kier alpha value is -0.710. The fourth-order valence-electron chi connectivity index (χ4n) is 1.81. The first-order valence-corrected chi connectivity index (χ1v) is 8.12. The van der Waals surface area contributed by atoms with Gasteiger partial charge in [0.15, 0.2) is 0 Å². The van der Waals surface area contributed by atoms with E-state index in [1.807, 2.05) is 45.0 Å². The lowest BCUT2D eigenvalue weighted by Crippen LogP contribution is -2.47. The second-order valence-electron chi connectivity index (χ2n) is 5.77. The molecule has 0 radical (unpaired) electrons. The van der Waals surface area contributed by atoms with Gasteiger partial charge in [0.25, 0.3) is 0 Å². The lowest BCUT2D eigenvalue weighted by atomic mass is 9.87. The SMILES string of the molecule is CC(C)(C)C(NCCSCc1ccc(Cl)cc1)C(=O)O. The molecule has 3 nitrogen and oxygen atoms in total. The van der Waals surface area contributed by atoms with E-state index in [0.717, 1.165) is 16.5 Å². The molecule has 0 aliphatic rings. The molecule has 0 aliphatic heterocycles. The van der Waals surface area contributed by atoms with Gasteiger partial charge in [-0.15, -0.1) is 0 Å². The van der Waals surface area contributed by atoms with Gasteiger partial charge in [-0.25, -0.2) is 0 Å². The standard InChI is InChI=1S/C15H22ClNO2S/c1-15(2,3)13(14(18)19)17-8-9-20-10-11-4-6-12(16)7-5-11/h4-7,13,17H,8-10H2,1-3H3,(H,18,19). The van der Waals surface area contributed by atoms with E-state index in [1.165, 1.54) is 5.56 Å². The lowest BCUT2D eigenvalue weighted by Gasteiger charge is -2.27. The molecule has 1 aromatic carbocycles. The van der Waals surface area contributed by atoms with E-state index in [9.17, 15) is 9.90 Å². The van der Waals surface area contributed by atoms with E-state index in [4.69, 9.17) is 11.6 Å². The molecule has 0 saturated carbocycles. The van der Waals surface area contributed by atoms with Crippen molar-refractivity contribution in [3.8, 4) is 0 Å². The number of hydrogen-bond acceptors (Lipinski definition) is 3. The van der Waals surface area contributed by atoms with E-state index in [0.29, 0.717) is 6.54 Å². The maximum absolute atomic E-state index is 11.2. The van der Waals surface area contributed by atoms with Crippen molar-refractivity contribution in [3.05, 3.63) is 34.9 Å². The molecule has 2 N–H and O–H groups in total. The second kappa shape index (κ2) is 7.91. The highest BCUT2D eigenvalue weighted by atomic mass is 35.5. The highest BCUT2D eigenvalue weighted by Gasteiger charge is 2.30. The Labute approximate surface area is 130 Å². The molecule has 0 fully saturated rings. The van der Waals surface area contributed by atoms with Crippen LogP contribution >= 0.6 is 23.4 Å². The normalized spacial score (nSPS) is 13.2. The minimum atomic E-state index is -0.791. The summed E-state index contributed by atoms with van der Waals surface area (Å²) < 4.78 is 0. The zero-order valence-corrected chi connectivity index (χ0v) is 13.7. The number of carbonyl (C=O) groups is 1. The summed E-state index contributed by atoms with van der Waals surface area (Å²) >= 11 is 7.61. The number of carboxylic acid groups (broad SMARTS) is 1. The van der Waals surface area contributed by atoms with Crippen LogP contribution in [-0.4, -0.2) is 29.4 Å². The first-order valence-electron chi connectivity index (χ1n) is 6.59. The van der Waals surface area contributed by atoms with Gasteiger partial charge < -0.3 is 10.4 Å². The number of halogens is 1. The number of thioether (sulfide) groups is 1. The largest absolute Gasteiger partial charge is 0.480 e. The van der Waals surface area contributed by atoms with Gasteiger partial charge in [-0.3, -0.25) is 4.79 Å². The van der Waals surface area contributed by atoms with Crippen LogP contribution < -0.4 is 5.32 Å². The van der Waals surface area contributed by atoms with Crippen molar-refractivity contribution in [2.75, 3.05) is 12.3 Å². The van der Waals surface area contributed by atoms with Gasteiger partial charge in [0.1, 0.15) is 6.04 Å². The molecule has 0 aliphatic carbocycles. The molecule has 0 bridgehead atoms. The quantitative estimate of drug-likeness (QED) is 0.754. The third-order valence-corrected chi connectivity index (χ3v) is 4.17. The van der Waals surface area contributed by atoms with Crippen LogP contribution in [0.1, 0.15) is 26.3 Å². The van der Waals surface area contributed by atoms with Gasteiger partial charge in [0, 0.05) is 23.1 Å². The molecule has 0 spiro atoms. The van der Waals surface area contributed by atoms with Crippen molar-refractivity contribution in [2.24, 2.45) is 5.41 Å². The molecule has 1 atom stereocenters. The Balaban J connectivity index is 2.27. The molecule has 5 heteroatoms. The molecule has 1 rings (SSSR count). The molecule has 112 valence electrons. The summed E-state index contributed by atoms with van der Waals surface area (Å²) in [4.78, 5) is 11.2. The Morgan fingerprint density at radius 3 is 2.45 bits per heavy atom. The number of rotatable bonds is 7. The third-order valence-electron chi connectivity index (χ3n) is 2.89. The summed E-state index contributed by atoms with van der Waals surface area (Å²) in [7, 11) is 0. The maximum atomic E-state index is 11.2. The summed E-state index contributed by atoms with van der Waals surface area (Å²) in [6.07, 6.45) is 0. The zero-order valence-electron chi connectivity index (χ0n) is 12.1. The molecule has 1 unspecified atom stereocenters. The Bertz CT molecular complexity index is 428. The Morgan fingerprint density at radius 2 is 1.95 bits per heavy atom. The molecule has 20 heavy (non-hydrogen) atoms. The zero-order chi connectivity index (χ0) is 15.2. The van der Waals surface area contributed by atoms with E-state index in [1.54, 1.807) is 11.8 Å². The average Bonchev–Trinajstić information content (AvgIpc) is 2.33. The van der Waals surface area contributed by atoms with Crippen molar-refractivity contribution in [1.29, 1.82) is 0 Å². The molecular formula is C15H22ClNO2S. The summed E-state index contributed by atoms with van der Waals surface area (Å²) in [5, 5.41) is 13.0. The van der Waals surface area contributed by atoms with Crippen molar-refractivity contribution >= 4 is 29.3 Å². The minimum absolute atomic E-state index is 0.285. The van der Waals surface area contributed by atoms with Gasteiger partial charge >= 0.3 is 5.97 Å². The number of benzene rings is 1. The molecule has 0 saturated heterocycles. The van der Waals surface area contributed by atoms with Gasteiger partial charge in [-0.1, -0.05) is 44.5 Å². The first-order chi connectivity index (χ1) is 9.30. The highest BCUT2D eigenvalue weighted by Crippen LogP contribution is 2.20. The van der Waals surface area contributed by atoms with Gasteiger partial charge in [0.2, 0.25) is 0 Å². The van der Waals surface area contributed by atoms with Crippen molar-refractivity contribution in [3.63, 3.8) is 0 Å². The van der Waals surface area contributed by atoms with Crippen LogP contribution in [0, 0.1) is 5.41 Å². The Kier molecular flexibility index (Phi) is 6.86. The van der Waals surface area contributed by atoms with Crippen molar-refractivity contribution in [2.45, 2.75) is 32.6 Å². The number of carboxylic acids is 1. The van der Waals surface area contributed by atoms with Crippen molar-refractivity contribution < 1.29 is 9.90 Å². The van der Waals surface area contributed by atoms with E-state index in [2.05, 4.69) is 5.32 Å². The van der Waals surface area contributed by atoms with Crippen molar-refractivity contribution in [1.82, 2.24) is 5.32 Å². The van der Waals surface area contributed by atoms with E-state index >= 15 is 0 Å². The molecule has 1 aromatic rings. The molecule has 0 amide bonds. The predicted octanol–water partition coefficient (Wildman–Crippen LogP) is 3.66. The fourth-order valence-corrected chi connectivity index (χ4v) is 2.77.